The number of ether oxygens (including phenoxy) is 1. The minimum absolute atomic E-state index is 0.0390. The number of nitrogens with zero attached hydrogens (tertiary/aromatic N) is 1. The third kappa shape index (κ3) is 3.89. The minimum Gasteiger partial charge on any atom is -0.492 e. The van der Waals surface area contributed by atoms with Gasteiger partial charge in [0.25, 0.3) is 0 Å². The molecule has 0 saturated carbocycles. The molecule has 0 bridgehead atoms. The van der Waals surface area contributed by atoms with Crippen molar-refractivity contribution in [3.05, 3.63) is 28.8 Å². The van der Waals surface area contributed by atoms with E-state index in [1.807, 2.05) is 32.0 Å². The third-order valence-corrected chi connectivity index (χ3v) is 2.93. The van der Waals surface area contributed by atoms with Gasteiger partial charge in [0, 0.05) is 6.04 Å². The van der Waals surface area contributed by atoms with Crippen LogP contribution >= 0.6 is 11.6 Å². The molecule has 5 heteroatoms. The van der Waals surface area contributed by atoms with Crippen molar-refractivity contribution < 1.29 is 14.6 Å². The molecule has 0 aliphatic heterocycles. The van der Waals surface area contributed by atoms with Crippen molar-refractivity contribution in [3.63, 3.8) is 0 Å². The Hall–Kier alpha value is -1.26. The molecular weight excluding hydrogens is 254 g/mol. The second kappa shape index (κ2) is 6.61. The summed E-state index contributed by atoms with van der Waals surface area (Å²) in [5.74, 6) is -0.213. The number of carboxylic acids is 1. The lowest BCUT2D eigenvalue weighted by Gasteiger charge is -2.23. The molecule has 0 spiro atoms. The molecule has 1 unspecified atom stereocenters. The standard InChI is InChI=1S/C13H18ClNO3/c1-4-18-12-6-5-9(7-10(12)14)11(15(2)3)8-13(16)17/h5-7,11H,4,8H2,1-3H3,(H,16,17). The summed E-state index contributed by atoms with van der Waals surface area (Å²) >= 11 is 6.10. The molecule has 4 nitrogen and oxygen atoms in total. The summed E-state index contributed by atoms with van der Waals surface area (Å²) in [4.78, 5) is 12.7. The van der Waals surface area contributed by atoms with Crippen molar-refractivity contribution in [3.8, 4) is 5.75 Å². The Morgan fingerprint density at radius 3 is 2.61 bits per heavy atom. The van der Waals surface area contributed by atoms with E-state index in [2.05, 4.69) is 0 Å². The van der Waals surface area contributed by atoms with Gasteiger partial charge >= 0.3 is 5.97 Å². The second-order valence-corrected chi connectivity index (χ2v) is 4.61. The van der Waals surface area contributed by atoms with Crippen LogP contribution in [0.4, 0.5) is 0 Å². The monoisotopic (exact) mass is 271 g/mol. The zero-order valence-electron chi connectivity index (χ0n) is 10.8. The number of hydrogen-bond acceptors (Lipinski definition) is 3. The van der Waals surface area contributed by atoms with E-state index in [9.17, 15) is 4.79 Å². The van der Waals surface area contributed by atoms with Crippen molar-refractivity contribution >= 4 is 17.6 Å². The summed E-state index contributed by atoms with van der Waals surface area (Å²) in [7, 11) is 3.69. The van der Waals surface area contributed by atoms with E-state index in [0.29, 0.717) is 17.4 Å². The van der Waals surface area contributed by atoms with Crippen LogP contribution < -0.4 is 4.74 Å². The van der Waals surface area contributed by atoms with Crippen molar-refractivity contribution in [2.75, 3.05) is 20.7 Å². The molecule has 1 aromatic rings. The van der Waals surface area contributed by atoms with Crippen LogP contribution in [-0.4, -0.2) is 36.7 Å². The SMILES string of the molecule is CCOc1ccc(C(CC(=O)O)N(C)C)cc1Cl. The van der Waals surface area contributed by atoms with Crippen LogP contribution in [0, 0.1) is 0 Å². The maximum atomic E-state index is 10.9. The van der Waals surface area contributed by atoms with Gasteiger partial charge in [-0.05, 0) is 38.7 Å². The quantitative estimate of drug-likeness (QED) is 0.864. The van der Waals surface area contributed by atoms with Gasteiger partial charge < -0.3 is 14.7 Å². The average molecular weight is 272 g/mol. The molecule has 0 fully saturated rings. The normalized spacial score (nSPS) is 12.5. The molecule has 1 rings (SSSR count). The van der Waals surface area contributed by atoms with E-state index in [1.54, 1.807) is 12.1 Å². The Labute approximate surface area is 112 Å². The first kappa shape index (κ1) is 14.8. The molecule has 0 aliphatic rings. The fourth-order valence-corrected chi connectivity index (χ4v) is 2.00. The van der Waals surface area contributed by atoms with Gasteiger partial charge in [-0.25, -0.2) is 0 Å². The number of carbonyl (C=O) groups is 1. The van der Waals surface area contributed by atoms with E-state index < -0.39 is 5.97 Å². The van der Waals surface area contributed by atoms with Crippen LogP contribution in [0.25, 0.3) is 0 Å². The molecule has 1 N–H and O–H groups in total. The first-order chi connectivity index (χ1) is 8.45. The fourth-order valence-electron chi connectivity index (χ4n) is 1.76. The Morgan fingerprint density at radius 2 is 2.17 bits per heavy atom. The summed E-state index contributed by atoms with van der Waals surface area (Å²) < 4.78 is 5.35. The van der Waals surface area contributed by atoms with Crippen molar-refractivity contribution in [2.24, 2.45) is 0 Å². The zero-order chi connectivity index (χ0) is 13.7. The zero-order valence-corrected chi connectivity index (χ0v) is 11.6. The molecule has 100 valence electrons. The second-order valence-electron chi connectivity index (χ2n) is 4.20. The number of halogens is 1. The van der Waals surface area contributed by atoms with Gasteiger partial charge in [-0.1, -0.05) is 17.7 Å². The van der Waals surface area contributed by atoms with Crippen LogP contribution in [0.3, 0.4) is 0 Å². The van der Waals surface area contributed by atoms with Gasteiger partial charge in [0.2, 0.25) is 0 Å². The van der Waals surface area contributed by atoms with Crippen molar-refractivity contribution in [2.45, 2.75) is 19.4 Å². The van der Waals surface area contributed by atoms with E-state index in [1.165, 1.54) is 0 Å². The smallest absolute Gasteiger partial charge is 0.305 e. The first-order valence-electron chi connectivity index (χ1n) is 5.76. The molecule has 0 aliphatic carbocycles. The largest absolute Gasteiger partial charge is 0.492 e. The first-order valence-corrected chi connectivity index (χ1v) is 6.14. The molecule has 1 aromatic carbocycles. The molecule has 0 aromatic heterocycles. The number of carboxylic acid groups (broad SMARTS) is 1. The minimum atomic E-state index is -0.835. The molecule has 0 heterocycles. The predicted molar refractivity (Wildman–Crippen MR) is 71.3 cm³/mol. The Morgan fingerprint density at radius 1 is 1.50 bits per heavy atom. The third-order valence-electron chi connectivity index (χ3n) is 2.63. The maximum Gasteiger partial charge on any atom is 0.305 e. The van der Waals surface area contributed by atoms with Gasteiger partial charge in [0.1, 0.15) is 5.75 Å². The number of hydrogen-bond donors (Lipinski definition) is 1. The van der Waals surface area contributed by atoms with Gasteiger partial charge in [-0.2, -0.15) is 0 Å². The highest BCUT2D eigenvalue weighted by molar-refractivity contribution is 6.32. The van der Waals surface area contributed by atoms with Gasteiger partial charge in [-0.15, -0.1) is 0 Å². The summed E-state index contributed by atoms with van der Waals surface area (Å²) in [5.41, 5.74) is 0.871. The topological polar surface area (TPSA) is 49.8 Å². The molecule has 18 heavy (non-hydrogen) atoms. The number of rotatable bonds is 6. The van der Waals surface area contributed by atoms with Crippen LogP contribution in [0.2, 0.25) is 5.02 Å². The lowest BCUT2D eigenvalue weighted by Crippen LogP contribution is -2.22. The highest BCUT2D eigenvalue weighted by Gasteiger charge is 2.18. The van der Waals surface area contributed by atoms with Crippen LogP contribution in [-0.2, 0) is 4.79 Å². The van der Waals surface area contributed by atoms with Crippen LogP contribution in [0.15, 0.2) is 18.2 Å². The Kier molecular flexibility index (Phi) is 5.44. The molecule has 0 amide bonds. The van der Waals surface area contributed by atoms with E-state index in [4.69, 9.17) is 21.4 Å². The lowest BCUT2D eigenvalue weighted by molar-refractivity contribution is -0.138. The number of aliphatic carboxylic acids is 1. The van der Waals surface area contributed by atoms with Crippen molar-refractivity contribution in [1.82, 2.24) is 4.90 Å². The summed E-state index contributed by atoms with van der Waals surface area (Å²) in [6, 6.07) is 5.19. The fraction of sp³-hybridized carbons (Fsp3) is 0.462. The highest BCUT2D eigenvalue weighted by atomic mass is 35.5. The van der Waals surface area contributed by atoms with E-state index in [-0.39, 0.29) is 12.5 Å². The van der Waals surface area contributed by atoms with E-state index >= 15 is 0 Å². The van der Waals surface area contributed by atoms with Crippen molar-refractivity contribution in [1.29, 1.82) is 0 Å². The highest BCUT2D eigenvalue weighted by Crippen LogP contribution is 2.30. The molecule has 1 atom stereocenters. The Balaban J connectivity index is 2.99. The Bertz CT molecular complexity index is 421. The molecule has 0 radical (unpaired) electrons. The summed E-state index contributed by atoms with van der Waals surface area (Å²) in [6.45, 7) is 2.43. The lowest BCUT2D eigenvalue weighted by atomic mass is 10.0. The van der Waals surface area contributed by atoms with Gasteiger partial charge in [-0.3, -0.25) is 4.79 Å². The maximum absolute atomic E-state index is 10.9. The summed E-state index contributed by atoms with van der Waals surface area (Å²) in [5, 5.41) is 9.42. The van der Waals surface area contributed by atoms with Gasteiger partial charge in [0.15, 0.2) is 0 Å². The predicted octanol–water partition coefficient (Wildman–Crippen LogP) is 2.82. The molecule has 0 saturated heterocycles. The van der Waals surface area contributed by atoms with Gasteiger partial charge in [0.05, 0.1) is 18.1 Å². The summed E-state index contributed by atoms with van der Waals surface area (Å²) in [6.07, 6.45) is 0.0390. The molecular formula is C13H18ClNO3. The van der Waals surface area contributed by atoms with Crippen LogP contribution in [0.5, 0.6) is 5.75 Å². The number of benzene rings is 1. The average Bonchev–Trinajstić information content (AvgIpc) is 2.28. The van der Waals surface area contributed by atoms with Crippen LogP contribution in [0.1, 0.15) is 24.9 Å². The van der Waals surface area contributed by atoms with E-state index in [0.717, 1.165) is 5.56 Å².